The Hall–Kier alpha value is -2.23. The summed E-state index contributed by atoms with van der Waals surface area (Å²) in [6.45, 7) is 1.87. The van der Waals surface area contributed by atoms with Crippen molar-refractivity contribution in [3.05, 3.63) is 76.3 Å². The maximum absolute atomic E-state index is 12.3. The van der Waals surface area contributed by atoms with Crippen molar-refractivity contribution in [3.8, 4) is 0 Å². The highest BCUT2D eigenvalue weighted by Gasteiger charge is 2.13. The smallest absolute Gasteiger partial charge is 0.319 e. The Morgan fingerprint density at radius 3 is 2.54 bits per heavy atom. The lowest BCUT2D eigenvalue weighted by Crippen LogP contribution is -2.31. The third kappa shape index (κ3) is 3.64. The molecule has 5 heteroatoms. The third-order valence-electron chi connectivity index (χ3n) is 3.81. The maximum Gasteiger partial charge on any atom is 0.319 e. The number of anilines is 1. The normalized spacial score (nSPS) is 12.0. The maximum atomic E-state index is 12.3. The van der Waals surface area contributed by atoms with Crippen LogP contribution in [0.2, 0.25) is 10.0 Å². The summed E-state index contributed by atoms with van der Waals surface area (Å²) in [5.41, 5.74) is 1.58. The molecule has 3 aromatic rings. The van der Waals surface area contributed by atoms with Gasteiger partial charge in [0.15, 0.2) is 0 Å². The zero-order chi connectivity index (χ0) is 17.1. The number of hydrogen-bond donors (Lipinski definition) is 2. The van der Waals surface area contributed by atoms with Gasteiger partial charge in [-0.15, -0.1) is 0 Å². The largest absolute Gasteiger partial charge is 0.331 e. The van der Waals surface area contributed by atoms with Gasteiger partial charge in [0.2, 0.25) is 0 Å². The Kier molecular flexibility index (Phi) is 4.93. The molecule has 2 amide bonds. The highest BCUT2D eigenvalue weighted by molar-refractivity contribution is 6.35. The Morgan fingerprint density at radius 1 is 1.00 bits per heavy atom. The summed E-state index contributed by atoms with van der Waals surface area (Å²) in [5.74, 6) is 0. The van der Waals surface area contributed by atoms with Gasteiger partial charge in [0, 0.05) is 15.4 Å². The third-order valence-corrected chi connectivity index (χ3v) is 4.38. The second-order valence-electron chi connectivity index (χ2n) is 5.51. The minimum atomic E-state index is -0.287. The molecule has 0 heterocycles. The lowest BCUT2D eigenvalue weighted by Gasteiger charge is -2.17. The molecule has 0 bridgehead atoms. The van der Waals surface area contributed by atoms with Crippen LogP contribution in [0.5, 0.6) is 0 Å². The minimum absolute atomic E-state index is 0.246. The molecule has 0 saturated carbocycles. The van der Waals surface area contributed by atoms with Gasteiger partial charge >= 0.3 is 6.03 Å². The number of rotatable bonds is 3. The van der Waals surface area contributed by atoms with Gasteiger partial charge in [-0.05, 0) is 36.1 Å². The van der Waals surface area contributed by atoms with Crippen LogP contribution in [-0.4, -0.2) is 6.03 Å². The Labute approximate surface area is 150 Å². The van der Waals surface area contributed by atoms with Crippen LogP contribution in [0.1, 0.15) is 18.5 Å². The van der Waals surface area contributed by atoms with E-state index in [1.807, 2.05) is 55.5 Å². The van der Waals surface area contributed by atoms with E-state index in [0.29, 0.717) is 10.0 Å². The standard InChI is InChI=1S/C19H16Cl2N2O/c1-12(15-10-9-14(20)11-17(15)21)22-19(24)23-18-8-4-6-13-5-2-3-7-16(13)18/h2-12H,1H3,(H2,22,23,24)/t12-/m1/s1. The summed E-state index contributed by atoms with van der Waals surface area (Å²) >= 11 is 12.1. The van der Waals surface area contributed by atoms with Crippen LogP contribution in [0, 0.1) is 0 Å². The van der Waals surface area contributed by atoms with Crippen LogP contribution in [0.25, 0.3) is 10.8 Å². The van der Waals surface area contributed by atoms with Gasteiger partial charge in [0.1, 0.15) is 0 Å². The number of urea groups is 1. The Balaban J connectivity index is 1.75. The van der Waals surface area contributed by atoms with Crippen LogP contribution < -0.4 is 10.6 Å². The highest BCUT2D eigenvalue weighted by Crippen LogP contribution is 2.27. The summed E-state index contributed by atoms with van der Waals surface area (Å²) < 4.78 is 0. The van der Waals surface area contributed by atoms with E-state index >= 15 is 0 Å². The van der Waals surface area contributed by atoms with Crippen molar-refractivity contribution in [2.45, 2.75) is 13.0 Å². The number of halogens is 2. The van der Waals surface area contributed by atoms with Crippen LogP contribution >= 0.6 is 23.2 Å². The number of fused-ring (bicyclic) bond motifs is 1. The van der Waals surface area contributed by atoms with Crippen molar-refractivity contribution in [3.63, 3.8) is 0 Å². The number of amides is 2. The van der Waals surface area contributed by atoms with E-state index in [9.17, 15) is 4.79 Å². The molecule has 1 atom stereocenters. The number of nitrogens with one attached hydrogen (secondary N) is 2. The molecule has 0 radical (unpaired) electrons. The molecule has 0 spiro atoms. The lowest BCUT2D eigenvalue weighted by molar-refractivity contribution is 0.249. The molecule has 24 heavy (non-hydrogen) atoms. The van der Waals surface area contributed by atoms with Gasteiger partial charge in [-0.1, -0.05) is 65.7 Å². The van der Waals surface area contributed by atoms with Crippen LogP contribution in [0.15, 0.2) is 60.7 Å². The minimum Gasteiger partial charge on any atom is -0.331 e. The van der Waals surface area contributed by atoms with Gasteiger partial charge in [0.25, 0.3) is 0 Å². The topological polar surface area (TPSA) is 41.1 Å². The second kappa shape index (κ2) is 7.12. The molecule has 3 rings (SSSR count). The molecule has 0 aromatic heterocycles. The van der Waals surface area contributed by atoms with Crippen LogP contribution in [0.4, 0.5) is 10.5 Å². The lowest BCUT2D eigenvalue weighted by atomic mass is 10.1. The quantitative estimate of drug-likeness (QED) is 0.589. The average Bonchev–Trinajstić information content (AvgIpc) is 2.55. The molecule has 3 aromatic carbocycles. The van der Waals surface area contributed by atoms with Gasteiger partial charge in [0.05, 0.1) is 11.7 Å². The van der Waals surface area contributed by atoms with Crippen molar-refractivity contribution in [2.24, 2.45) is 0 Å². The predicted octanol–water partition coefficient (Wildman–Crippen LogP) is 6.03. The van der Waals surface area contributed by atoms with E-state index in [-0.39, 0.29) is 12.1 Å². The molecule has 0 aliphatic carbocycles. The first-order valence-electron chi connectivity index (χ1n) is 7.55. The Bertz CT molecular complexity index is 890. The summed E-state index contributed by atoms with van der Waals surface area (Å²) in [6.07, 6.45) is 0. The van der Waals surface area contributed by atoms with Gasteiger partial charge in [-0.3, -0.25) is 0 Å². The van der Waals surface area contributed by atoms with E-state index in [4.69, 9.17) is 23.2 Å². The SMILES string of the molecule is C[C@@H](NC(=O)Nc1cccc2ccccc12)c1ccc(Cl)cc1Cl. The van der Waals surface area contributed by atoms with Gasteiger partial charge < -0.3 is 10.6 Å². The zero-order valence-corrected chi connectivity index (χ0v) is 14.5. The first-order chi connectivity index (χ1) is 11.5. The van der Waals surface area contributed by atoms with Gasteiger partial charge in [-0.2, -0.15) is 0 Å². The molecule has 2 N–H and O–H groups in total. The van der Waals surface area contributed by atoms with Gasteiger partial charge in [-0.25, -0.2) is 4.79 Å². The second-order valence-corrected chi connectivity index (χ2v) is 6.36. The number of carbonyl (C=O) groups excluding carboxylic acids is 1. The first-order valence-corrected chi connectivity index (χ1v) is 8.30. The fraction of sp³-hybridized carbons (Fsp3) is 0.105. The molecule has 0 aliphatic heterocycles. The summed E-state index contributed by atoms with van der Waals surface area (Å²) in [6, 6.07) is 18.4. The predicted molar refractivity (Wildman–Crippen MR) is 101 cm³/mol. The van der Waals surface area contributed by atoms with E-state index < -0.39 is 0 Å². The zero-order valence-electron chi connectivity index (χ0n) is 13.0. The Morgan fingerprint density at radius 2 is 1.75 bits per heavy atom. The highest BCUT2D eigenvalue weighted by atomic mass is 35.5. The van der Waals surface area contributed by atoms with Crippen molar-refractivity contribution in [1.82, 2.24) is 5.32 Å². The van der Waals surface area contributed by atoms with Crippen LogP contribution in [-0.2, 0) is 0 Å². The monoisotopic (exact) mass is 358 g/mol. The van der Waals surface area contributed by atoms with Crippen molar-refractivity contribution >= 4 is 45.7 Å². The fourth-order valence-electron chi connectivity index (χ4n) is 2.62. The van der Waals surface area contributed by atoms with E-state index in [1.165, 1.54) is 0 Å². The van der Waals surface area contributed by atoms with E-state index in [1.54, 1.807) is 12.1 Å². The molecule has 122 valence electrons. The van der Waals surface area contributed by atoms with E-state index in [2.05, 4.69) is 10.6 Å². The van der Waals surface area contributed by atoms with Crippen LogP contribution in [0.3, 0.4) is 0 Å². The van der Waals surface area contributed by atoms with Crippen molar-refractivity contribution < 1.29 is 4.79 Å². The van der Waals surface area contributed by atoms with Crippen molar-refractivity contribution in [2.75, 3.05) is 5.32 Å². The fourth-order valence-corrected chi connectivity index (χ4v) is 3.19. The summed E-state index contributed by atoms with van der Waals surface area (Å²) in [4.78, 5) is 12.3. The molecule has 0 fully saturated rings. The molecular formula is C19H16Cl2N2O. The average molecular weight is 359 g/mol. The first kappa shape index (κ1) is 16.6. The number of hydrogen-bond acceptors (Lipinski definition) is 1. The molecular weight excluding hydrogens is 343 g/mol. The molecule has 0 saturated heterocycles. The number of carbonyl (C=O) groups is 1. The number of benzene rings is 3. The van der Waals surface area contributed by atoms with Crippen molar-refractivity contribution in [1.29, 1.82) is 0 Å². The molecule has 0 aliphatic rings. The molecule has 0 unspecified atom stereocenters. The summed E-state index contributed by atoms with van der Waals surface area (Å²) in [5, 5.41) is 8.95. The molecule has 3 nitrogen and oxygen atoms in total. The van der Waals surface area contributed by atoms with E-state index in [0.717, 1.165) is 22.0 Å². The summed E-state index contributed by atoms with van der Waals surface area (Å²) in [7, 11) is 0.